The summed E-state index contributed by atoms with van der Waals surface area (Å²) in [5.74, 6) is 0.558. The van der Waals surface area contributed by atoms with E-state index in [4.69, 9.17) is 9.84 Å². The molecule has 120 valence electrons. The van der Waals surface area contributed by atoms with E-state index in [1.165, 1.54) is 11.9 Å². The fourth-order valence-electron chi connectivity index (χ4n) is 1.92. The number of hydrogen-bond donors (Lipinski definition) is 1. The lowest BCUT2D eigenvalue weighted by Crippen LogP contribution is -2.26. The molecule has 0 bridgehead atoms. The Morgan fingerprint density at radius 1 is 1.17 bits per heavy atom. The third kappa shape index (κ3) is 5.56. The highest BCUT2D eigenvalue weighted by atomic mass is 16.5. The molecule has 0 atom stereocenters. The molecule has 0 spiro atoms. The predicted octanol–water partition coefficient (Wildman–Crippen LogP) is 2.44. The Kier molecular flexibility index (Phi) is 6.32. The van der Waals surface area contributed by atoms with Crippen LogP contribution in [0.5, 0.6) is 5.75 Å². The average Bonchev–Trinajstić information content (AvgIpc) is 2.58. The second-order valence-electron chi connectivity index (χ2n) is 4.95. The highest BCUT2D eigenvalue weighted by molar-refractivity contribution is 5.81. The molecule has 2 aromatic rings. The summed E-state index contributed by atoms with van der Waals surface area (Å²) in [6.07, 6.45) is 1.58. The zero-order valence-electron chi connectivity index (χ0n) is 13.1. The smallest absolute Gasteiger partial charge is 0.239 e. The second kappa shape index (κ2) is 8.70. The summed E-state index contributed by atoms with van der Waals surface area (Å²) in [5.41, 5.74) is 1.96. The van der Waals surface area contributed by atoms with Crippen molar-refractivity contribution < 1.29 is 14.6 Å². The number of benzene rings is 2. The molecule has 23 heavy (non-hydrogen) atoms. The summed E-state index contributed by atoms with van der Waals surface area (Å²) < 4.78 is 5.71. The van der Waals surface area contributed by atoms with Gasteiger partial charge in [-0.15, -0.1) is 0 Å². The SMILES string of the molecule is CC(=O)N(CCO)/N=C/c1ccc(OCc2ccccc2)cc1. The number of ether oxygens (including phenoxy) is 1. The van der Waals surface area contributed by atoms with Crippen molar-refractivity contribution >= 4 is 12.1 Å². The molecule has 0 saturated carbocycles. The van der Waals surface area contributed by atoms with E-state index in [9.17, 15) is 4.79 Å². The van der Waals surface area contributed by atoms with Gasteiger partial charge in [-0.25, -0.2) is 5.01 Å². The molecule has 1 amide bonds. The van der Waals surface area contributed by atoms with Crippen LogP contribution in [0.2, 0.25) is 0 Å². The van der Waals surface area contributed by atoms with E-state index in [-0.39, 0.29) is 19.1 Å². The van der Waals surface area contributed by atoms with Crippen molar-refractivity contribution in [2.45, 2.75) is 13.5 Å². The number of hydrazone groups is 1. The number of aliphatic hydroxyl groups is 1. The van der Waals surface area contributed by atoms with Gasteiger partial charge in [-0.1, -0.05) is 30.3 Å². The molecule has 0 heterocycles. The van der Waals surface area contributed by atoms with Crippen molar-refractivity contribution in [3.63, 3.8) is 0 Å². The van der Waals surface area contributed by atoms with Crippen molar-refractivity contribution in [2.24, 2.45) is 5.10 Å². The minimum absolute atomic E-state index is 0.122. The molecular formula is C18H20N2O3. The monoisotopic (exact) mass is 312 g/mol. The molecule has 0 radical (unpaired) electrons. The van der Waals surface area contributed by atoms with Gasteiger partial charge in [0, 0.05) is 6.92 Å². The largest absolute Gasteiger partial charge is 0.489 e. The molecule has 2 rings (SSSR count). The minimum Gasteiger partial charge on any atom is -0.489 e. The summed E-state index contributed by atoms with van der Waals surface area (Å²) in [6, 6.07) is 17.4. The number of carbonyl (C=O) groups excluding carboxylic acids is 1. The van der Waals surface area contributed by atoms with Crippen molar-refractivity contribution in [3.05, 3.63) is 65.7 Å². The molecule has 0 saturated heterocycles. The van der Waals surface area contributed by atoms with Crippen LogP contribution in [-0.2, 0) is 11.4 Å². The summed E-state index contributed by atoms with van der Waals surface area (Å²) in [7, 11) is 0. The molecule has 0 aromatic heterocycles. The van der Waals surface area contributed by atoms with E-state index in [0.29, 0.717) is 6.61 Å². The third-order valence-corrected chi connectivity index (χ3v) is 3.15. The van der Waals surface area contributed by atoms with Crippen LogP contribution < -0.4 is 4.74 Å². The van der Waals surface area contributed by atoms with Gasteiger partial charge >= 0.3 is 0 Å². The van der Waals surface area contributed by atoms with Crippen LogP contribution in [-0.4, -0.2) is 35.4 Å². The molecule has 0 aliphatic heterocycles. The van der Waals surface area contributed by atoms with E-state index in [2.05, 4.69) is 5.10 Å². The predicted molar refractivity (Wildman–Crippen MR) is 89.3 cm³/mol. The second-order valence-corrected chi connectivity index (χ2v) is 4.95. The van der Waals surface area contributed by atoms with Crippen LogP contribution >= 0.6 is 0 Å². The van der Waals surface area contributed by atoms with Crippen LogP contribution in [0.4, 0.5) is 0 Å². The Morgan fingerprint density at radius 3 is 2.48 bits per heavy atom. The molecule has 0 aliphatic carbocycles. The molecule has 0 unspecified atom stereocenters. The van der Waals surface area contributed by atoms with E-state index in [1.54, 1.807) is 6.21 Å². The number of aliphatic hydroxyl groups excluding tert-OH is 1. The summed E-state index contributed by atoms with van der Waals surface area (Å²) in [5, 5.41) is 14.2. The summed E-state index contributed by atoms with van der Waals surface area (Å²) in [4.78, 5) is 11.3. The first-order valence-electron chi connectivity index (χ1n) is 7.39. The van der Waals surface area contributed by atoms with E-state index >= 15 is 0 Å². The maximum atomic E-state index is 11.3. The molecule has 1 N–H and O–H groups in total. The van der Waals surface area contributed by atoms with Crippen LogP contribution in [0.3, 0.4) is 0 Å². The normalized spacial score (nSPS) is 10.7. The third-order valence-electron chi connectivity index (χ3n) is 3.15. The van der Waals surface area contributed by atoms with Crippen LogP contribution in [0, 0.1) is 0 Å². The van der Waals surface area contributed by atoms with Gasteiger partial charge in [0.05, 0.1) is 19.4 Å². The quantitative estimate of drug-likeness (QED) is 0.631. The Morgan fingerprint density at radius 2 is 1.87 bits per heavy atom. The van der Waals surface area contributed by atoms with Gasteiger partial charge < -0.3 is 9.84 Å². The van der Waals surface area contributed by atoms with E-state index in [1.807, 2.05) is 54.6 Å². The van der Waals surface area contributed by atoms with Crippen molar-refractivity contribution in [1.82, 2.24) is 5.01 Å². The maximum absolute atomic E-state index is 11.3. The van der Waals surface area contributed by atoms with Gasteiger partial charge in [-0.2, -0.15) is 5.10 Å². The number of amides is 1. The van der Waals surface area contributed by atoms with E-state index in [0.717, 1.165) is 16.9 Å². The zero-order valence-corrected chi connectivity index (χ0v) is 13.1. The molecule has 2 aromatic carbocycles. The van der Waals surface area contributed by atoms with Gasteiger partial charge in [0.1, 0.15) is 12.4 Å². The number of rotatable bonds is 7. The zero-order chi connectivity index (χ0) is 16.5. The number of nitrogens with zero attached hydrogens (tertiary/aromatic N) is 2. The number of hydrogen-bond acceptors (Lipinski definition) is 4. The van der Waals surface area contributed by atoms with Gasteiger partial charge in [-0.3, -0.25) is 4.79 Å². The number of carbonyl (C=O) groups is 1. The van der Waals surface area contributed by atoms with Crippen LogP contribution in [0.25, 0.3) is 0 Å². The lowest BCUT2D eigenvalue weighted by Gasteiger charge is -2.12. The van der Waals surface area contributed by atoms with Crippen molar-refractivity contribution in [1.29, 1.82) is 0 Å². The first kappa shape index (κ1) is 16.7. The molecule has 5 heteroatoms. The lowest BCUT2D eigenvalue weighted by molar-refractivity contribution is -0.129. The van der Waals surface area contributed by atoms with Crippen LogP contribution in [0.15, 0.2) is 59.7 Å². The first-order chi connectivity index (χ1) is 11.2. The molecule has 5 nitrogen and oxygen atoms in total. The first-order valence-corrected chi connectivity index (χ1v) is 7.39. The van der Waals surface area contributed by atoms with Crippen molar-refractivity contribution in [2.75, 3.05) is 13.2 Å². The summed E-state index contributed by atoms with van der Waals surface area (Å²) >= 11 is 0. The van der Waals surface area contributed by atoms with E-state index < -0.39 is 0 Å². The minimum atomic E-state index is -0.210. The maximum Gasteiger partial charge on any atom is 0.239 e. The Bertz CT molecular complexity index is 639. The van der Waals surface area contributed by atoms with Crippen LogP contribution in [0.1, 0.15) is 18.1 Å². The fourth-order valence-corrected chi connectivity index (χ4v) is 1.92. The van der Waals surface area contributed by atoms with Gasteiger partial charge in [-0.05, 0) is 35.4 Å². The van der Waals surface area contributed by atoms with Crippen molar-refractivity contribution in [3.8, 4) is 5.75 Å². The Labute approximate surface area is 135 Å². The molecule has 0 fully saturated rings. The van der Waals surface area contributed by atoms with Gasteiger partial charge in [0.2, 0.25) is 5.91 Å². The topological polar surface area (TPSA) is 62.1 Å². The average molecular weight is 312 g/mol. The van der Waals surface area contributed by atoms with Gasteiger partial charge in [0.15, 0.2) is 0 Å². The molecular weight excluding hydrogens is 292 g/mol. The lowest BCUT2D eigenvalue weighted by atomic mass is 10.2. The highest BCUT2D eigenvalue weighted by Crippen LogP contribution is 2.13. The Balaban J connectivity index is 1.92. The van der Waals surface area contributed by atoms with Gasteiger partial charge in [0.25, 0.3) is 0 Å². The summed E-state index contributed by atoms with van der Waals surface area (Å²) in [6.45, 7) is 1.99. The molecule has 0 aliphatic rings. The highest BCUT2D eigenvalue weighted by Gasteiger charge is 2.04. The Hall–Kier alpha value is -2.66. The fraction of sp³-hybridized carbons (Fsp3) is 0.222. The standard InChI is InChI=1S/C18H20N2O3/c1-15(22)20(11-12-21)19-13-16-7-9-18(10-8-16)23-14-17-5-3-2-4-6-17/h2-10,13,21H,11-12,14H2,1H3/b19-13+.